The van der Waals surface area contributed by atoms with Gasteiger partial charge < -0.3 is 5.11 Å². The molecule has 1 heterocycles. The van der Waals surface area contributed by atoms with Crippen molar-refractivity contribution in [3.63, 3.8) is 0 Å². The molecule has 0 amide bonds. The van der Waals surface area contributed by atoms with E-state index in [0.717, 1.165) is 38.5 Å². The summed E-state index contributed by atoms with van der Waals surface area (Å²) in [5.74, 6) is 1.09. The van der Waals surface area contributed by atoms with E-state index < -0.39 is 10.0 Å². The van der Waals surface area contributed by atoms with Gasteiger partial charge in [0, 0.05) is 13.1 Å². The molecule has 1 aliphatic carbocycles. The van der Waals surface area contributed by atoms with Gasteiger partial charge in [-0.05, 0) is 43.9 Å². The average Bonchev–Trinajstić information content (AvgIpc) is 2.28. The minimum Gasteiger partial charge on any atom is -0.393 e. The van der Waals surface area contributed by atoms with Crippen molar-refractivity contribution in [3.05, 3.63) is 0 Å². The van der Waals surface area contributed by atoms with Gasteiger partial charge in [-0.25, -0.2) is 12.7 Å². The molecule has 1 N–H and O–H groups in total. The maximum absolute atomic E-state index is 11.6. The van der Waals surface area contributed by atoms with Crippen LogP contribution in [0.1, 0.15) is 44.9 Å². The third kappa shape index (κ3) is 3.93. The third-order valence-electron chi connectivity index (χ3n) is 4.37. The van der Waals surface area contributed by atoms with E-state index in [1.807, 2.05) is 0 Å². The minimum atomic E-state index is -3.03. The number of aliphatic hydroxyl groups is 1. The van der Waals surface area contributed by atoms with Crippen LogP contribution in [0.3, 0.4) is 0 Å². The Kier molecular flexibility index (Phi) is 4.67. The molecule has 4 nitrogen and oxygen atoms in total. The fourth-order valence-corrected chi connectivity index (χ4v) is 4.41. The molecule has 1 aliphatic heterocycles. The van der Waals surface area contributed by atoms with Gasteiger partial charge >= 0.3 is 0 Å². The fourth-order valence-electron chi connectivity index (χ4n) is 3.47. The van der Waals surface area contributed by atoms with Crippen molar-refractivity contribution in [1.82, 2.24) is 4.31 Å². The molecule has 18 heavy (non-hydrogen) atoms. The molecule has 2 aliphatic rings. The number of sulfonamides is 1. The van der Waals surface area contributed by atoms with Gasteiger partial charge in [0.2, 0.25) is 10.0 Å². The first kappa shape index (κ1) is 14.3. The Morgan fingerprint density at radius 3 is 2.56 bits per heavy atom. The molecule has 2 rings (SSSR count). The van der Waals surface area contributed by atoms with Gasteiger partial charge in [0.1, 0.15) is 0 Å². The fraction of sp³-hybridized carbons (Fsp3) is 1.00. The zero-order chi connectivity index (χ0) is 13.2. The lowest BCUT2D eigenvalue weighted by molar-refractivity contribution is 0.0870. The molecule has 5 heteroatoms. The largest absolute Gasteiger partial charge is 0.393 e. The highest BCUT2D eigenvalue weighted by Gasteiger charge is 2.29. The Labute approximate surface area is 110 Å². The summed E-state index contributed by atoms with van der Waals surface area (Å²) in [4.78, 5) is 0. The van der Waals surface area contributed by atoms with Crippen molar-refractivity contribution in [1.29, 1.82) is 0 Å². The number of rotatable bonds is 3. The Morgan fingerprint density at radius 1 is 1.17 bits per heavy atom. The van der Waals surface area contributed by atoms with Crippen LogP contribution in [0.25, 0.3) is 0 Å². The van der Waals surface area contributed by atoms with Crippen molar-refractivity contribution in [2.45, 2.75) is 51.0 Å². The summed E-state index contributed by atoms with van der Waals surface area (Å²) in [5, 5.41) is 9.68. The Bertz CT molecular complexity index is 368. The molecule has 2 fully saturated rings. The summed E-state index contributed by atoms with van der Waals surface area (Å²) >= 11 is 0. The lowest BCUT2D eigenvalue weighted by Gasteiger charge is -2.34. The molecular formula is C13H25NO3S. The van der Waals surface area contributed by atoms with Crippen LogP contribution in [0.15, 0.2) is 0 Å². The molecule has 1 saturated carbocycles. The van der Waals surface area contributed by atoms with Crippen LogP contribution in [-0.2, 0) is 10.0 Å². The number of piperidine rings is 1. The van der Waals surface area contributed by atoms with Crippen LogP contribution in [-0.4, -0.2) is 43.3 Å². The summed E-state index contributed by atoms with van der Waals surface area (Å²) in [6, 6.07) is 0. The Hall–Kier alpha value is -0.130. The molecule has 0 aromatic rings. The van der Waals surface area contributed by atoms with Gasteiger partial charge in [-0.15, -0.1) is 0 Å². The molecule has 0 aromatic heterocycles. The first-order valence-corrected chi connectivity index (χ1v) is 8.93. The van der Waals surface area contributed by atoms with E-state index in [-0.39, 0.29) is 6.10 Å². The number of aliphatic hydroxyl groups excluding tert-OH is 1. The van der Waals surface area contributed by atoms with Gasteiger partial charge in [0.15, 0.2) is 0 Å². The number of hydrogen-bond donors (Lipinski definition) is 1. The predicted octanol–water partition coefficient (Wildman–Crippen LogP) is 1.60. The zero-order valence-corrected chi connectivity index (χ0v) is 12.0. The van der Waals surface area contributed by atoms with Crippen LogP contribution >= 0.6 is 0 Å². The van der Waals surface area contributed by atoms with E-state index in [1.54, 1.807) is 4.31 Å². The Morgan fingerprint density at radius 2 is 1.89 bits per heavy atom. The van der Waals surface area contributed by atoms with Gasteiger partial charge in [-0.2, -0.15) is 0 Å². The summed E-state index contributed by atoms with van der Waals surface area (Å²) in [5.41, 5.74) is 0. The number of nitrogens with zero attached hydrogens (tertiary/aromatic N) is 1. The van der Waals surface area contributed by atoms with Crippen molar-refractivity contribution in [2.24, 2.45) is 11.8 Å². The van der Waals surface area contributed by atoms with E-state index in [4.69, 9.17) is 0 Å². The van der Waals surface area contributed by atoms with Crippen molar-refractivity contribution in [2.75, 3.05) is 19.3 Å². The lowest BCUT2D eigenvalue weighted by Crippen LogP contribution is -2.40. The molecule has 0 radical (unpaired) electrons. The molecule has 1 saturated heterocycles. The van der Waals surface area contributed by atoms with Crippen LogP contribution in [0, 0.1) is 11.8 Å². The maximum atomic E-state index is 11.6. The standard InChI is InChI=1S/C13H25NO3S/c1-18(16,17)14-7-3-5-12(10-14)8-11-4-2-6-13(15)9-11/h11-13,15H,2-10H2,1H3. The summed E-state index contributed by atoms with van der Waals surface area (Å²) < 4.78 is 24.7. The lowest BCUT2D eigenvalue weighted by atomic mass is 9.79. The quantitative estimate of drug-likeness (QED) is 0.851. The van der Waals surface area contributed by atoms with Crippen LogP contribution in [0.5, 0.6) is 0 Å². The highest BCUT2D eigenvalue weighted by Crippen LogP contribution is 2.32. The van der Waals surface area contributed by atoms with E-state index in [1.165, 1.54) is 12.7 Å². The second-order valence-corrected chi connectivity index (χ2v) is 8.03. The first-order chi connectivity index (χ1) is 8.45. The molecule has 3 unspecified atom stereocenters. The highest BCUT2D eigenvalue weighted by atomic mass is 32.2. The summed E-state index contributed by atoms with van der Waals surface area (Å²) in [6.07, 6.45) is 8.56. The average molecular weight is 275 g/mol. The number of hydrogen-bond acceptors (Lipinski definition) is 3. The monoisotopic (exact) mass is 275 g/mol. The van der Waals surface area contributed by atoms with Gasteiger partial charge in [0.25, 0.3) is 0 Å². The van der Waals surface area contributed by atoms with Crippen molar-refractivity contribution < 1.29 is 13.5 Å². The van der Waals surface area contributed by atoms with Gasteiger partial charge in [-0.3, -0.25) is 0 Å². The van der Waals surface area contributed by atoms with Gasteiger partial charge in [0.05, 0.1) is 12.4 Å². The molecular weight excluding hydrogens is 250 g/mol. The van der Waals surface area contributed by atoms with Crippen LogP contribution in [0.2, 0.25) is 0 Å². The second-order valence-electron chi connectivity index (χ2n) is 6.05. The molecule has 3 atom stereocenters. The maximum Gasteiger partial charge on any atom is 0.211 e. The molecule has 0 aromatic carbocycles. The third-order valence-corrected chi connectivity index (χ3v) is 5.64. The van der Waals surface area contributed by atoms with Crippen molar-refractivity contribution >= 4 is 10.0 Å². The zero-order valence-electron chi connectivity index (χ0n) is 11.2. The van der Waals surface area contributed by atoms with E-state index in [2.05, 4.69) is 0 Å². The molecule has 0 spiro atoms. The summed E-state index contributed by atoms with van der Waals surface area (Å²) in [6.45, 7) is 1.37. The smallest absolute Gasteiger partial charge is 0.211 e. The van der Waals surface area contributed by atoms with E-state index >= 15 is 0 Å². The SMILES string of the molecule is CS(=O)(=O)N1CCCC(CC2CCCC(O)C2)C1. The minimum absolute atomic E-state index is 0.127. The van der Waals surface area contributed by atoms with E-state index in [0.29, 0.717) is 24.9 Å². The second kappa shape index (κ2) is 5.88. The predicted molar refractivity (Wildman–Crippen MR) is 71.7 cm³/mol. The van der Waals surface area contributed by atoms with Gasteiger partial charge in [-0.1, -0.05) is 12.8 Å². The topological polar surface area (TPSA) is 57.6 Å². The van der Waals surface area contributed by atoms with Crippen LogP contribution in [0.4, 0.5) is 0 Å². The normalized spacial score (nSPS) is 35.6. The summed E-state index contributed by atoms with van der Waals surface area (Å²) in [7, 11) is -3.03. The Balaban J connectivity index is 1.86. The van der Waals surface area contributed by atoms with E-state index in [9.17, 15) is 13.5 Å². The highest BCUT2D eigenvalue weighted by molar-refractivity contribution is 7.88. The van der Waals surface area contributed by atoms with Crippen LogP contribution < -0.4 is 0 Å². The molecule has 0 bridgehead atoms. The first-order valence-electron chi connectivity index (χ1n) is 7.08. The molecule has 106 valence electrons. The van der Waals surface area contributed by atoms with Crippen molar-refractivity contribution in [3.8, 4) is 0 Å².